The Kier molecular flexibility index (Phi) is 5.35. The van der Waals surface area contributed by atoms with Gasteiger partial charge in [0.2, 0.25) is 11.8 Å². The van der Waals surface area contributed by atoms with E-state index in [1.807, 2.05) is 31.3 Å². The molecule has 0 aliphatic carbocycles. The molecule has 0 amide bonds. The maximum absolute atomic E-state index is 6.09. The van der Waals surface area contributed by atoms with E-state index in [0.29, 0.717) is 23.4 Å². The van der Waals surface area contributed by atoms with Crippen LogP contribution in [0.2, 0.25) is 5.02 Å². The Morgan fingerprint density at radius 3 is 2.96 bits per heavy atom. The fourth-order valence-corrected chi connectivity index (χ4v) is 2.97. The highest BCUT2D eigenvalue weighted by molar-refractivity contribution is 6.31. The van der Waals surface area contributed by atoms with Crippen molar-refractivity contribution in [2.45, 2.75) is 12.8 Å². The fourth-order valence-electron chi connectivity index (χ4n) is 2.80. The lowest BCUT2D eigenvalue weighted by atomic mass is 9.99. The summed E-state index contributed by atoms with van der Waals surface area (Å²) in [5.41, 5.74) is 0. The van der Waals surface area contributed by atoms with Crippen molar-refractivity contribution in [2.75, 3.05) is 43.6 Å². The number of aromatic nitrogens is 3. The summed E-state index contributed by atoms with van der Waals surface area (Å²) in [4.78, 5) is 17.4. The van der Waals surface area contributed by atoms with Crippen molar-refractivity contribution in [1.29, 1.82) is 0 Å². The van der Waals surface area contributed by atoms with Crippen molar-refractivity contribution in [3.8, 4) is 5.88 Å². The Labute approximate surface area is 147 Å². The summed E-state index contributed by atoms with van der Waals surface area (Å²) in [6.45, 7) is 2.44. The highest BCUT2D eigenvalue weighted by Crippen LogP contribution is 2.24. The molecule has 1 aliphatic rings. The molecule has 7 heteroatoms. The second-order valence-electron chi connectivity index (χ2n) is 6.16. The van der Waals surface area contributed by atoms with E-state index < -0.39 is 0 Å². The molecular weight excluding hydrogens is 326 g/mol. The summed E-state index contributed by atoms with van der Waals surface area (Å²) < 4.78 is 5.80. The van der Waals surface area contributed by atoms with Crippen LogP contribution in [0.15, 0.2) is 30.6 Å². The van der Waals surface area contributed by atoms with Gasteiger partial charge in [-0.1, -0.05) is 11.6 Å². The molecule has 128 valence electrons. The number of hydrogen-bond donors (Lipinski definition) is 0. The van der Waals surface area contributed by atoms with Crippen LogP contribution in [0.25, 0.3) is 0 Å². The largest absolute Gasteiger partial charge is 0.476 e. The highest BCUT2D eigenvalue weighted by Gasteiger charge is 2.23. The van der Waals surface area contributed by atoms with Gasteiger partial charge in [-0.2, -0.15) is 4.98 Å². The number of pyridine rings is 1. The van der Waals surface area contributed by atoms with Crippen molar-refractivity contribution in [3.05, 3.63) is 35.6 Å². The Bertz CT molecular complexity index is 682. The van der Waals surface area contributed by atoms with Crippen molar-refractivity contribution in [1.82, 2.24) is 15.0 Å². The molecule has 1 aliphatic heterocycles. The second kappa shape index (κ2) is 7.66. The van der Waals surface area contributed by atoms with Crippen molar-refractivity contribution in [3.63, 3.8) is 0 Å². The van der Waals surface area contributed by atoms with Crippen LogP contribution in [-0.2, 0) is 0 Å². The van der Waals surface area contributed by atoms with Crippen molar-refractivity contribution in [2.24, 2.45) is 5.92 Å². The average molecular weight is 348 g/mol. The monoisotopic (exact) mass is 347 g/mol. The number of anilines is 2. The Morgan fingerprint density at radius 2 is 2.17 bits per heavy atom. The van der Waals surface area contributed by atoms with Gasteiger partial charge in [0, 0.05) is 45.5 Å². The summed E-state index contributed by atoms with van der Waals surface area (Å²) in [7, 11) is 3.96. The predicted molar refractivity (Wildman–Crippen MR) is 96.0 cm³/mol. The molecule has 0 saturated carbocycles. The Balaban J connectivity index is 1.62. The van der Waals surface area contributed by atoms with Gasteiger partial charge in [0.1, 0.15) is 10.8 Å². The summed E-state index contributed by atoms with van der Waals surface area (Å²) in [5.74, 6) is 2.60. The minimum absolute atomic E-state index is 0.406. The van der Waals surface area contributed by atoms with Gasteiger partial charge in [-0.05, 0) is 31.0 Å². The molecule has 6 nitrogen and oxygen atoms in total. The predicted octanol–water partition coefficient (Wildman–Crippen LogP) is 2.89. The first kappa shape index (κ1) is 16.8. The smallest absolute Gasteiger partial charge is 0.232 e. The molecule has 0 spiro atoms. The molecule has 1 saturated heterocycles. The van der Waals surface area contributed by atoms with Gasteiger partial charge in [0.05, 0.1) is 6.61 Å². The van der Waals surface area contributed by atoms with Gasteiger partial charge in [-0.15, -0.1) is 0 Å². The van der Waals surface area contributed by atoms with E-state index in [4.69, 9.17) is 16.3 Å². The minimum Gasteiger partial charge on any atom is -0.476 e. The fraction of sp³-hybridized carbons (Fsp3) is 0.471. The van der Waals surface area contributed by atoms with Gasteiger partial charge in [-0.3, -0.25) is 0 Å². The van der Waals surface area contributed by atoms with E-state index >= 15 is 0 Å². The van der Waals surface area contributed by atoms with Crippen LogP contribution in [0.4, 0.5) is 11.8 Å². The number of ether oxygens (including phenoxy) is 1. The van der Waals surface area contributed by atoms with Crippen LogP contribution in [0, 0.1) is 5.92 Å². The van der Waals surface area contributed by atoms with Crippen molar-refractivity contribution >= 4 is 23.4 Å². The quantitative estimate of drug-likeness (QED) is 0.829. The van der Waals surface area contributed by atoms with Crippen LogP contribution < -0.4 is 14.5 Å². The van der Waals surface area contributed by atoms with Crippen LogP contribution in [0.1, 0.15) is 12.8 Å². The number of nitrogens with zero attached hydrogens (tertiary/aromatic N) is 5. The average Bonchev–Trinajstić information content (AvgIpc) is 2.61. The molecule has 24 heavy (non-hydrogen) atoms. The molecule has 0 aromatic carbocycles. The molecular formula is C17H22ClN5O. The third-order valence-corrected chi connectivity index (χ3v) is 4.36. The van der Waals surface area contributed by atoms with Gasteiger partial charge in [0.25, 0.3) is 0 Å². The summed E-state index contributed by atoms with van der Waals surface area (Å²) in [5, 5.41) is 0.548. The molecule has 0 N–H and O–H groups in total. The third-order valence-electron chi connectivity index (χ3n) is 4.07. The highest BCUT2D eigenvalue weighted by atomic mass is 35.5. The van der Waals surface area contributed by atoms with E-state index in [9.17, 15) is 0 Å². The summed E-state index contributed by atoms with van der Waals surface area (Å²) in [6.07, 6.45) is 5.72. The molecule has 0 bridgehead atoms. The van der Waals surface area contributed by atoms with Gasteiger partial charge in [0.15, 0.2) is 0 Å². The molecule has 2 aromatic heterocycles. The summed E-state index contributed by atoms with van der Waals surface area (Å²) in [6, 6.07) is 5.50. The van der Waals surface area contributed by atoms with Gasteiger partial charge in [-0.25, -0.2) is 9.97 Å². The topological polar surface area (TPSA) is 54.4 Å². The standard InChI is InChI=1S/C17H22ClN5O/c1-22(2)15-7-9-20-17(21-15)23-10-4-5-13(11-23)12-24-16-14(18)6-3-8-19-16/h3,6-9,13H,4-5,10-12H2,1-2H3. The SMILES string of the molecule is CN(C)c1ccnc(N2CCCC(COc3ncccc3Cl)C2)n1. The zero-order chi connectivity index (χ0) is 16.9. The first-order chi connectivity index (χ1) is 11.6. The van der Waals surface area contributed by atoms with Crippen LogP contribution in [-0.4, -0.2) is 48.7 Å². The second-order valence-corrected chi connectivity index (χ2v) is 6.57. The van der Waals surface area contributed by atoms with Crippen LogP contribution in [0.3, 0.4) is 0 Å². The van der Waals surface area contributed by atoms with Crippen LogP contribution in [0.5, 0.6) is 5.88 Å². The minimum atomic E-state index is 0.406. The zero-order valence-electron chi connectivity index (χ0n) is 14.0. The van der Waals surface area contributed by atoms with Gasteiger partial charge < -0.3 is 14.5 Å². The lowest BCUT2D eigenvalue weighted by molar-refractivity contribution is 0.221. The number of halogens is 1. The Morgan fingerprint density at radius 1 is 1.29 bits per heavy atom. The molecule has 0 radical (unpaired) electrons. The van der Waals surface area contributed by atoms with E-state index in [1.165, 1.54) is 0 Å². The Hall–Kier alpha value is -2.08. The molecule has 3 rings (SSSR count). The lowest BCUT2D eigenvalue weighted by Gasteiger charge is -2.32. The molecule has 1 atom stereocenters. The molecule has 3 heterocycles. The van der Waals surface area contributed by atoms with E-state index in [1.54, 1.807) is 18.3 Å². The number of rotatable bonds is 5. The van der Waals surface area contributed by atoms with Gasteiger partial charge >= 0.3 is 0 Å². The first-order valence-corrected chi connectivity index (χ1v) is 8.50. The maximum Gasteiger partial charge on any atom is 0.232 e. The molecule has 2 aromatic rings. The van der Waals surface area contributed by atoms with Crippen molar-refractivity contribution < 1.29 is 4.74 Å². The summed E-state index contributed by atoms with van der Waals surface area (Å²) >= 11 is 6.09. The first-order valence-electron chi connectivity index (χ1n) is 8.12. The maximum atomic E-state index is 6.09. The lowest BCUT2D eigenvalue weighted by Crippen LogP contribution is -2.39. The van der Waals surface area contributed by atoms with E-state index in [0.717, 1.165) is 37.7 Å². The zero-order valence-corrected chi connectivity index (χ0v) is 14.8. The molecule has 1 fully saturated rings. The van der Waals surface area contributed by atoms with E-state index in [2.05, 4.69) is 19.9 Å². The van der Waals surface area contributed by atoms with E-state index in [-0.39, 0.29) is 0 Å². The number of hydrogen-bond acceptors (Lipinski definition) is 6. The molecule has 1 unspecified atom stereocenters. The van der Waals surface area contributed by atoms with Crippen LogP contribution >= 0.6 is 11.6 Å². The number of piperidine rings is 1. The third kappa shape index (κ3) is 4.06. The normalized spacial score (nSPS) is 17.6.